The molecule has 0 aliphatic carbocycles. The standard InChI is InChI=1S/C14H16BrNO2/c1-3-16(4-2)14(17)11-7-10-8-12(15)5-6-13(10)18-9-11/h5-8H,3-4,9H2,1-2H3. The molecule has 0 bridgehead atoms. The van der Waals surface area contributed by atoms with Crippen molar-refractivity contribution in [3.8, 4) is 5.75 Å². The summed E-state index contributed by atoms with van der Waals surface area (Å²) in [7, 11) is 0. The van der Waals surface area contributed by atoms with Crippen LogP contribution in [0, 0.1) is 0 Å². The number of ether oxygens (including phenoxy) is 1. The minimum absolute atomic E-state index is 0.0608. The first kappa shape index (κ1) is 13.1. The van der Waals surface area contributed by atoms with Crippen LogP contribution in [0.15, 0.2) is 28.2 Å². The minimum Gasteiger partial charge on any atom is -0.488 e. The molecule has 0 spiro atoms. The van der Waals surface area contributed by atoms with Crippen LogP contribution in [0.3, 0.4) is 0 Å². The van der Waals surface area contributed by atoms with Crippen LogP contribution in [0.2, 0.25) is 0 Å². The van der Waals surface area contributed by atoms with Crippen LogP contribution in [-0.2, 0) is 4.79 Å². The van der Waals surface area contributed by atoms with E-state index in [1.165, 1.54) is 0 Å². The van der Waals surface area contributed by atoms with E-state index in [4.69, 9.17) is 4.74 Å². The molecule has 0 saturated carbocycles. The molecular weight excluding hydrogens is 294 g/mol. The normalized spacial score (nSPS) is 13.4. The number of benzene rings is 1. The van der Waals surface area contributed by atoms with Crippen LogP contribution < -0.4 is 4.74 Å². The predicted octanol–water partition coefficient (Wildman–Crippen LogP) is 3.09. The van der Waals surface area contributed by atoms with Crippen molar-refractivity contribution in [1.82, 2.24) is 4.90 Å². The summed E-state index contributed by atoms with van der Waals surface area (Å²) in [6.45, 7) is 5.76. The highest BCUT2D eigenvalue weighted by molar-refractivity contribution is 9.10. The first-order chi connectivity index (χ1) is 8.65. The number of carbonyl (C=O) groups excluding carboxylic acids is 1. The molecule has 1 aliphatic rings. The Hall–Kier alpha value is -1.29. The van der Waals surface area contributed by atoms with Crippen molar-refractivity contribution in [1.29, 1.82) is 0 Å². The number of rotatable bonds is 3. The lowest BCUT2D eigenvalue weighted by Crippen LogP contribution is -2.33. The fourth-order valence-corrected chi connectivity index (χ4v) is 2.36. The van der Waals surface area contributed by atoms with Gasteiger partial charge >= 0.3 is 0 Å². The van der Waals surface area contributed by atoms with Crippen molar-refractivity contribution >= 4 is 27.9 Å². The number of amides is 1. The van der Waals surface area contributed by atoms with E-state index in [1.807, 2.05) is 38.1 Å². The molecule has 0 radical (unpaired) electrons. The van der Waals surface area contributed by atoms with Crippen molar-refractivity contribution in [2.45, 2.75) is 13.8 Å². The van der Waals surface area contributed by atoms with Gasteiger partial charge in [-0.2, -0.15) is 0 Å². The maximum atomic E-state index is 12.2. The quantitative estimate of drug-likeness (QED) is 0.858. The number of fused-ring (bicyclic) bond motifs is 1. The van der Waals surface area contributed by atoms with Crippen molar-refractivity contribution in [2.75, 3.05) is 19.7 Å². The molecule has 4 heteroatoms. The lowest BCUT2D eigenvalue weighted by Gasteiger charge is -2.23. The van der Waals surface area contributed by atoms with Crippen LogP contribution in [0.4, 0.5) is 0 Å². The smallest absolute Gasteiger partial charge is 0.253 e. The molecule has 18 heavy (non-hydrogen) atoms. The number of carbonyl (C=O) groups is 1. The maximum Gasteiger partial charge on any atom is 0.253 e. The maximum absolute atomic E-state index is 12.2. The molecule has 96 valence electrons. The Bertz CT molecular complexity index is 493. The van der Waals surface area contributed by atoms with E-state index < -0.39 is 0 Å². The zero-order valence-corrected chi connectivity index (χ0v) is 12.2. The first-order valence-corrected chi connectivity index (χ1v) is 6.87. The van der Waals surface area contributed by atoms with Gasteiger partial charge in [-0.3, -0.25) is 4.79 Å². The Labute approximate surface area is 116 Å². The second-order valence-corrected chi connectivity index (χ2v) is 5.03. The van der Waals surface area contributed by atoms with Crippen molar-refractivity contribution in [3.63, 3.8) is 0 Å². The van der Waals surface area contributed by atoms with Gasteiger partial charge in [0.1, 0.15) is 12.4 Å². The average Bonchev–Trinajstić information content (AvgIpc) is 2.39. The summed E-state index contributed by atoms with van der Waals surface area (Å²) in [6.07, 6.45) is 1.92. The molecule has 0 fully saturated rings. The van der Waals surface area contributed by atoms with Crippen LogP contribution in [0.25, 0.3) is 6.08 Å². The molecule has 0 unspecified atom stereocenters. The fourth-order valence-electron chi connectivity index (χ4n) is 1.99. The van der Waals surface area contributed by atoms with Gasteiger partial charge in [0.2, 0.25) is 0 Å². The molecule has 1 aliphatic heterocycles. The van der Waals surface area contributed by atoms with Gasteiger partial charge in [-0.05, 0) is 38.1 Å². The van der Waals surface area contributed by atoms with E-state index in [1.54, 1.807) is 4.90 Å². The Morgan fingerprint density at radius 2 is 2.11 bits per heavy atom. The second kappa shape index (κ2) is 5.57. The molecule has 1 amide bonds. The molecule has 1 aromatic carbocycles. The molecule has 0 aromatic heterocycles. The minimum atomic E-state index is 0.0608. The third-order valence-electron chi connectivity index (χ3n) is 3.01. The number of hydrogen-bond donors (Lipinski definition) is 0. The molecule has 2 rings (SSSR count). The predicted molar refractivity (Wildman–Crippen MR) is 75.5 cm³/mol. The molecule has 1 heterocycles. The van der Waals surface area contributed by atoms with E-state index in [0.29, 0.717) is 12.2 Å². The Morgan fingerprint density at radius 3 is 2.78 bits per heavy atom. The Morgan fingerprint density at radius 1 is 1.39 bits per heavy atom. The van der Waals surface area contributed by atoms with Gasteiger partial charge in [-0.15, -0.1) is 0 Å². The molecular formula is C14H16BrNO2. The molecule has 3 nitrogen and oxygen atoms in total. The van der Waals surface area contributed by atoms with Crippen LogP contribution in [-0.4, -0.2) is 30.5 Å². The van der Waals surface area contributed by atoms with Gasteiger partial charge in [0.15, 0.2) is 0 Å². The Balaban J connectivity index is 2.29. The highest BCUT2D eigenvalue weighted by Crippen LogP contribution is 2.29. The summed E-state index contributed by atoms with van der Waals surface area (Å²) in [6, 6.07) is 5.81. The summed E-state index contributed by atoms with van der Waals surface area (Å²) in [5.41, 5.74) is 1.66. The summed E-state index contributed by atoms with van der Waals surface area (Å²) in [4.78, 5) is 14.0. The summed E-state index contributed by atoms with van der Waals surface area (Å²) in [5.74, 6) is 0.889. The summed E-state index contributed by atoms with van der Waals surface area (Å²) >= 11 is 3.42. The van der Waals surface area contributed by atoms with E-state index in [9.17, 15) is 4.79 Å². The van der Waals surface area contributed by atoms with Crippen molar-refractivity contribution < 1.29 is 9.53 Å². The van der Waals surface area contributed by atoms with Gasteiger partial charge < -0.3 is 9.64 Å². The zero-order chi connectivity index (χ0) is 13.1. The average molecular weight is 310 g/mol. The highest BCUT2D eigenvalue weighted by atomic mass is 79.9. The lowest BCUT2D eigenvalue weighted by atomic mass is 10.1. The van der Waals surface area contributed by atoms with Crippen LogP contribution in [0.5, 0.6) is 5.75 Å². The van der Waals surface area contributed by atoms with E-state index in [2.05, 4.69) is 15.9 Å². The van der Waals surface area contributed by atoms with Gasteiger partial charge in [-0.25, -0.2) is 0 Å². The highest BCUT2D eigenvalue weighted by Gasteiger charge is 2.20. The largest absolute Gasteiger partial charge is 0.488 e. The lowest BCUT2D eigenvalue weighted by molar-refractivity contribution is -0.127. The van der Waals surface area contributed by atoms with Crippen molar-refractivity contribution in [2.24, 2.45) is 0 Å². The number of likely N-dealkylation sites (N-methyl/N-ethyl adjacent to an activating group) is 1. The molecule has 1 aromatic rings. The summed E-state index contributed by atoms with van der Waals surface area (Å²) < 4.78 is 6.60. The monoisotopic (exact) mass is 309 g/mol. The van der Waals surface area contributed by atoms with Gasteiger partial charge in [0, 0.05) is 23.1 Å². The number of hydrogen-bond acceptors (Lipinski definition) is 2. The van der Waals surface area contributed by atoms with Gasteiger partial charge in [0.25, 0.3) is 5.91 Å². The molecule has 0 N–H and O–H groups in total. The third-order valence-corrected chi connectivity index (χ3v) is 3.50. The van der Waals surface area contributed by atoms with Crippen LogP contribution in [0.1, 0.15) is 19.4 Å². The number of nitrogens with zero attached hydrogens (tertiary/aromatic N) is 1. The molecule has 0 saturated heterocycles. The Kier molecular flexibility index (Phi) is 4.07. The van der Waals surface area contributed by atoms with E-state index in [-0.39, 0.29) is 5.91 Å². The fraction of sp³-hybridized carbons (Fsp3) is 0.357. The summed E-state index contributed by atoms with van der Waals surface area (Å²) in [5, 5.41) is 0. The van der Waals surface area contributed by atoms with Gasteiger partial charge in [0.05, 0.1) is 5.57 Å². The SMILES string of the molecule is CCN(CC)C(=O)C1=Cc2cc(Br)ccc2OC1. The van der Waals surface area contributed by atoms with E-state index >= 15 is 0 Å². The second-order valence-electron chi connectivity index (χ2n) is 4.12. The zero-order valence-electron chi connectivity index (χ0n) is 10.6. The first-order valence-electron chi connectivity index (χ1n) is 6.08. The van der Waals surface area contributed by atoms with Crippen molar-refractivity contribution in [3.05, 3.63) is 33.8 Å². The van der Waals surface area contributed by atoms with Crippen LogP contribution >= 0.6 is 15.9 Å². The number of halogens is 1. The third kappa shape index (κ3) is 2.58. The molecule has 0 atom stereocenters. The van der Waals surface area contributed by atoms with E-state index in [0.717, 1.165) is 28.9 Å². The van der Waals surface area contributed by atoms with Gasteiger partial charge in [-0.1, -0.05) is 15.9 Å². The topological polar surface area (TPSA) is 29.5 Å².